The van der Waals surface area contributed by atoms with E-state index in [1.54, 1.807) is 0 Å². The van der Waals surface area contributed by atoms with Crippen molar-refractivity contribution in [1.82, 2.24) is 5.32 Å². The van der Waals surface area contributed by atoms with Crippen molar-refractivity contribution in [2.75, 3.05) is 5.88 Å². The van der Waals surface area contributed by atoms with Crippen LogP contribution in [0.5, 0.6) is 0 Å². The second-order valence-electron chi connectivity index (χ2n) is 4.98. The maximum absolute atomic E-state index is 12.5. The van der Waals surface area contributed by atoms with Gasteiger partial charge in [-0.05, 0) is 24.8 Å². The first kappa shape index (κ1) is 16.0. The van der Waals surface area contributed by atoms with Gasteiger partial charge in [0.25, 0.3) is 0 Å². The van der Waals surface area contributed by atoms with Gasteiger partial charge in [-0.3, -0.25) is 4.79 Å². The summed E-state index contributed by atoms with van der Waals surface area (Å²) in [6.07, 6.45) is 2.50. The van der Waals surface area contributed by atoms with Crippen LogP contribution in [0.1, 0.15) is 51.5 Å². The van der Waals surface area contributed by atoms with Crippen LogP contribution in [-0.4, -0.2) is 17.3 Å². The van der Waals surface area contributed by atoms with Gasteiger partial charge in [0.2, 0.25) is 5.91 Å². The molecular weight excluding hydrogens is 258 g/mol. The first-order chi connectivity index (χ1) is 9.12. The van der Waals surface area contributed by atoms with Gasteiger partial charge in [-0.1, -0.05) is 51.1 Å². The summed E-state index contributed by atoms with van der Waals surface area (Å²) in [5.74, 6) is 0.441. The first-order valence-electron chi connectivity index (χ1n) is 7.05. The third kappa shape index (κ3) is 3.97. The largest absolute Gasteiger partial charge is 0.349 e. The van der Waals surface area contributed by atoms with E-state index >= 15 is 0 Å². The average Bonchev–Trinajstić information content (AvgIpc) is 2.47. The number of carbonyl (C=O) groups is 1. The Balaban J connectivity index is 2.86. The molecule has 0 aromatic heterocycles. The predicted octanol–water partition coefficient (Wildman–Crippen LogP) is 4.09. The summed E-state index contributed by atoms with van der Waals surface area (Å²) in [6.45, 7) is 6.17. The number of alkyl halides is 1. The van der Waals surface area contributed by atoms with Gasteiger partial charge >= 0.3 is 0 Å². The maximum atomic E-state index is 12.5. The number of hydrogen-bond donors (Lipinski definition) is 1. The van der Waals surface area contributed by atoms with Crippen LogP contribution in [-0.2, 0) is 4.79 Å². The molecule has 1 aromatic rings. The minimum atomic E-state index is -0.277. The van der Waals surface area contributed by atoms with E-state index in [0.29, 0.717) is 5.88 Å². The average molecular weight is 282 g/mol. The third-order valence-electron chi connectivity index (χ3n) is 3.92. The van der Waals surface area contributed by atoms with E-state index in [1.165, 1.54) is 0 Å². The smallest absolute Gasteiger partial charge is 0.227 e. The molecule has 1 aromatic carbocycles. The van der Waals surface area contributed by atoms with Crippen LogP contribution in [0.2, 0.25) is 0 Å². The molecule has 3 heteroatoms. The topological polar surface area (TPSA) is 29.1 Å². The highest BCUT2D eigenvalue weighted by molar-refractivity contribution is 6.18. The lowest BCUT2D eigenvalue weighted by Gasteiger charge is -2.32. The molecule has 0 aliphatic carbocycles. The number of carbonyl (C=O) groups excluding carboxylic acids is 1. The van der Waals surface area contributed by atoms with Crippen molar-refractivity contribution < 1.29 is 4.79 Å². The molecule has 106 valence electrons. The number of halogens is 1. The standard InChI is InChI=1S/C16H24ClNO/c1-4-14(13-10-8-7-9-11-13)15(19)18-16(5-2,6-3)12-17/h7-11,14H,4-6,12H2,1-3H3,(H,18,19). The monoisotopic (exact) mass is 281 g/mol. The summed E-state index contributed by atoms with van der Waals surface area (Å²) in [5, 5.41) is 3.16. The van der Waals surface area contributed by atoms with Crippen LogP contribution in [0.15, 0.2) is 30.3 Å². The predicted molar refractivity (Wildman–Crippen MR) is 81.6 cm³/mol. The summed E-state index contributed by atoms with van der Waals surface area (Å²) in [4.78, 5) is 12.5. The zero-order valence-electron chi connectivity index (χ0n) is 12.1. The lowest BCUT2D eigenvalue weighted by molar-refractivity contribution is -0.124. The Morgan fingerprint density at radius 1 is 1.21 bits per heavy atom. The van der Waals surface area contributed by atoms with Crippen molar-refractivity contribution >= 4 is 17.5 Å². The Hall–Kier alpha value is -1.02. The number of benzene rings is 1. The van der Waals surface area contributed by atoms with E-state index in [1.807, 2.05) is 37.3 Å². The summed E-state index contributed by atoms with van der Waals surface area (Å²) >= 11 is 6.05. The summed E-state index contributed by atoms with van der Waals surface area (Å²) in [5.41, 5.74) is 0.791. The van der Waals surface area contributed by atoms with Gasteiger partial charge in [-0.2, -0.15) is 0 Å². The van der Waals surface area contributed by atoms with Crippen molar-refractivity contribution in [1.29, 1.82) is 0 Å². The third-order valence-corrected chi connectivity index (χ3v) is 4.44. The van der Waals surface area contributed by atoms with Crippen molar-refractivity contribution in [3.8, 4) is 0 Å². The first-order valence-corrected chi connectivity index (χ1v) is 7.58. The molecule has 1 unspecified atom stereocenters. The van der Waals surface area contributed by atoms with Crippen LogP contribution in [0, 0.1) is 0 Å². The fourth-order valence-electron chi connectivity index (χ4n) is 2.26. The number of rotatable bonds is 7. The van der Waals surface area contributed by atoms with E-state index < -0.39 is 0 Å². The second kappa shape index (κ2) is 7.54. The van der Waals surface area contributed by atoms with Gasteiger partial charge in [-0.25, -0.2) is 0 Å². The van der Waals surface area contributed by atoms with Crippen LogP contribution in [0.25, 0.3) is 0 Å². The zero-order valence-corrected chi connectivity index (χ0v) is 12.8. The van der Waals surface area contributed by atoms with Crippen molar-refractivity contribution in [2.45, 2.75) is 51.5 Å². The molecule has 0 bridgehead atoms. The van der Waals surface area contributed by atoms with Gasteiger partial charge in [0.15, 0.2) is 0 Å². The lowest BCUT2D eigenvalue weighted by Crippen LogP contribution is -2.50. The van der Waals surface area contributed by atoms with Gasteiger partial charge in [0, 0.05) is 5.88 Å². The summed E-state index contributed by atoms with van der Waals surface area (Å²) in [6, 6.07) is 9.93. The Bertz CT molecular complexity index is 379. The normalized spacial score (nSPS) is 13.1. The molecule has 0 spiro atoms. The summed E-state index contributed by atoms with van der Waals surface area (Å²) < 4.78 is 0. The van der Waals surface area contributed by atoms with Gasteiger partial charge < -0.3 is 5.32 Å². The minimum Gasteiger partial charge on any atom is -0.349 e. The number of amides is 1. The van der Waals surface area contributed by atoms with Crippen LogP contribution in [0.4, 0.5) is 0 Å². The molecule has 0 aliphatic heterocycles. The highest BCUT2D eigenvalue weighted by Crippen LogP contribution is 2.23. The Labute approximate surface area is 121 Å². The molecular formula is C16H24ClNO. The van der Waals surface area contributed by atoms with Crippen LogP contribution in [0.3, 0.4) is 0 Å². The molecule has 1 atom stereocenters. The number of hydrogen-bond acceptors (Lipinski definition) is 1. The Kier molecular flexibility index (Phi) is 6.36. The van der Waals surface area contributed by atoms with Gasteiger partial charge in [0.05, 0.1) is 11.5 Å². The van der Waals surface area contributed by atoms with Crippen molar-refractivity contribution in [2.24, 2.45) is 0 Å². The minimum absolute atomic E-state index is 0.0815. The number of nitrogens with one attached hydrogen (secondary N) is 1. The van der Waals surface area contributed by atoms with Gasteiger partial charge in [0.1, 0.15) is 0 Å². The maximum Gasteiger partial charge on any atom is 0.227 e. The highest BCUT2D eigenvalue weighted by atomic mass is 35.5. The molecule has 1 amide bonds. The molecule has 0 saturated heterocycles. The van der Waals surface area contributed by atoms with E-state index in [0.717, 1.165) is 24.8 Å². The fraction of sp³-hybridized carbons (Fsp3) is 0.562. The zero-order chi connectivity index (χ0) is 14.3. The molecule has 0 fully saturated rings. The van der Waals surface area contributed by atoms with Crippen LogP contribution < -0.4 is 5.32 Å². The van der Waals surface area contributed by atoms with Crippen LogP contribution >= 0.6 is 11.6 Å². The summed E-state index contributed by atoms with van der Waals surface area (Å²) in [7, 11) is 0. The SMILES string of the molecule is CCC(C(=O)NC(CC)(CC)CCl)c1ccccc1. The molecule has 0 saturated carbocycles. The molecule has 0 heterocycles. The quantitative estimate of drug-likeness (QED) is 0.749. The van der Waals surface area contributed by atoms with E-state index in [4.69, 9.17) is 11.6 Å². The molecule has 2 nitrogen and oxygen atoms in total. The van der Waals surface area contributed by atoms with E-state index in [2.05, 4.69) is 19.2 Å². The Morgan fingerprint density at radius 3 is 2.21 bits per heavy atom. The highest BCUT2D eigenvalue weighted by Gasteiger charge is 2.30. The van der Waals surface area contributed by atoms with E-state index in [-0.39, 0.29) is 17.4 Å². The fourth-order valence-corrected chi connectivity index (χ4v) is 2.70. The molecule has 0 radical (unpaired) electrons. The lowest BCUT2D eigenvalue weighted by atomic mass is 9.91. The van der Waals surface area contributed by atoms with E-state index in [9.17, 15) is 4.79 Å². The molecule has 0 aliphatic rings. The molecule has 1 N–H and O–H groups in total. The van der Waals surface area contributed by atoms with Crippen molar-refractivity contribution in [3.05, 3.63) is 35.9 Å². The second-order valence-corrected chi connectivity index (χ2v) is 5.25. The van der Waals surface area contributed by atoms with Gasteiger partial charge in [-0.15, -0.1) is 11.6 Å². The molecule has 1 rings (SSSR count). The molecule has 19 heavy (non-hydrogen) atoms. The Morgan fingerprint density at radius 2 is 1.79 bits per heavy atom. The van der Waals surface area contributed by atoms with Crippen molar-refractivity contribution in [3.63, 3.8) is 0 Å².